The van der Waals surface area contributed by atoms with E-state index >= 15 is 0 Å². The molecule has 2 N–H and O–H groups in total. The predicted molar refractivity (Wildman–Crippen MR) is 125 cm³/mol. The monoisotopic (exact) mass is 452 g/mol. The van der Waals surface area contributed by atoms with Gasteiger partial charge in [0.25, 0.3) is 0 Å². The largest absolute Gasteiger partial charge is 0.494 e. The van der Waals surface area contributed by atoms with E-state index in [9.17, 15) is 15.0 Å². The molecule has 3 atom stereocenters. The highest BCUT2D eigenvalue weighted by Gasteiger charge is 2.41. The van der Waals surface area contributed by atoms with Gasteiger partial charge in [-0.3, -0.25) is 14.3 Å². The molecule has 2 bridgehead atoms. The molecule has 176 valence electrons. The van der Waals surface area contributed by atoms with Gasteiger partial charge < -0.3 is 19.8 Å². The first-order valence-electron chi connectivity index (χ1n) is 11.8. The van der Waals surface area contributed by atoms with Crippen LogP contribution in [0.5, 0.6) is 11.8 Å². The Morgan fingerprint density at radius 2 is 1.73 bits per heavy atom. The van der Waals surface area contributed by atoms with Crippen LogP contribution in [0.1, 0.15) is 43.2 Å². The van der Waals surface area contributed by atoms with Crippen LogP contribution in [0.15, 0.2) is 36.5 Å². The van der Waals surface area contributed by atoms with Crippen LogP contribution < -0.4 is 4.90 Å². The number of nitrogens with zero attached hydrogens (tertiary/aromatic N) is 4. The van der Waals surface area contributed by atoms with E-state index in [-0.39, 0.29) is 42.0 Å². The number of ether oxygens (including phenoxy) is 1. The molecule has 0 radical (unpaired) electrons. The molecule has 1 saturated heterocycles. The van der Waals surface area contributed by atoms with Crippen LogP contribution in [0.25, 0.3) is 0 Å². The van der Waals surface area contributed by atoms with Gasteiger partial charge in [-0.1, -0.05) is 32.1 Å². The van der Waals surface area contributed by atoms with E-state index in [1.807, 2.05) is 32.0 Å². The number of carbonyl (C=O) groups is 1. The number of aromatic nitrogens is 2. The lowest BCUT2D eigenvalue weighted by atomic mass is 10.0. The summed E-state index contributed by atoms with van der Waals surface area (Å²) in [7, 11) is 0. The van der Waals surface area contributed by atoms with E-state index in [0.29, 0.717) is 6.54 Å². The van der Waals surface area contributed by atoms with Gasteiger partial charge in [-0.05, 0) is 18.6 Å². The summed E-state index contributed by atoms with van der Waals surface area (Å²) in [4.78, 5) is 21.4. The molecule has 8 nitrogen and oxygen atoms in total. The highest BCUT2D eigenvalue weighted by molar-refractivity contribution is 5.71. The quantitative estimate of drug-likeness (QED) is 0.493. The third-order valence-corrected chi connectivity index (χ3v) is 7.06. The average molecular weight is 453 g/mol. The Bertz CT molecular complexity index is 1000. The van der Waals surface area contributed by atoms with Gasteiger partial charge >= 0.3 is 5.97 Å². The van der Waals surface area contributed by atoms with Crippen LogP contribution in [0.4, 0.5) is 5.82 Å². The van der Waals surface area contributed by atoms with Gasteiger partial charge in [-0.2, -0.15) is 0 Å². The van der Waals surface area contributed by atoms with Crippen molar-refractivity contribution in [3.63, 3.8) is 0 Å². The van der Waals surface area contributed by atoms with Gasteiger partial charge in [0.15, 0.2) is 11.8 Å². The molecule has 0 aromatic carbocycles. The minimum Gasteiger partial charge on any atom is -0.494 e. The summed E-state index contributed by atoms with van der Waals surface area (Å²) < 4.78 is 7.37. The first-order chi connectivity index (χ1) is 15.9. The number of allylic oxidation sites excluding steroid dienone is 2. The third-order valence-electron chi connectivity index (χ3n) is 7.06. The Morgan fingerprint density at radius 1 is 1.06 bits per heavy atom. The van der Waals surface area contributed by atoms with Crippen molar-refractivity contribution in [1.82, 2.24) is 14.5 Å². The number of aromatic hydroxyl groups is 2. The van der Waals surface area contributed by atoms with Crippen molar-refractivity contribution < 1.29 is 19.7 Å². The van der Waals surface area contributed by atoms with Crippen LogP contribution in [-0.2, 0) is 16.1 Å². The number of piperazine rings is 1. The fourth-order valence-corrected chi connectivity index (χ4v) is 5.29. The van der Waals surface area contributed by atoms with Gasteiger partial charge in [0, 0.05) is 61.9 Å². The number of rotatable bonds is 7. The Balaban J connectivity index is 1.29. The van der Waals surface area contributed by atoms with Gasteiger partial charge in [0.1, 0.15) is 11.9 Å². The number of hydrogen-bond acceptors (Lipinski definition) is 7. The third kappa shape index (κ3) is 4.08. The lowest BCUT2D eigenvalue weighted by Gasteiger charge is -2.37. The van der Waals surface area contributed by atoms with Crippen molar-refractivity contribution >= 4 is 11.8 Å². The molecule has 2 aromatic rings. The molecule has 2 aliphatic carbocycles. The molecule has 0 saturated carbocycles. The molecule has 3 heterocycles. The second-order valence-electron chi connectivity index (χ2n) is 9.61. The molecule has 5 rings (SSSR count). The predicted octanol–water partition coefficient (Wildman–Crippen LogP) is 2.83. The number of fused-ring (bicyclic) bond motifs is 5. The maximum absolute atomic E-state index is 12.4. The maximum Gasteiger partial charge on any atom is 0.308 e. The fourth-order valence-electron chi connectivity index (χ4n) is 5.29. The van der Waals surface area contributed by atoms with Crippen LogP contribution in [-0.4, -0.2) is 69.5 Å². The zero-order valence-electron chi connectivity index (χ0n) is 19.2. The van der Waals surface area contributed by atoms with E-state index in [2.05, 4.69) is 26.9 Å². The second-order valence-corrected chi connectivity index (χ2v) is 9.61. The lowest BCUT2D eigenvalue weighted by molar-refractivity contribution is -0.154. The molecule has 2 aromatic heterocycles. The number of carbonyl (C=O) groups excluding carboxylic acids is 1. The Morgan fingerprint density at radius 3 is 2.30 bits per heavy atom. The number of hydrogen-bond donors (Lipinski definition) is 2. The van der Waals surface area contributed by atoms with Gasteiger partial charge in [0.05, 0.1) is 12.5 Å². The van der Waals surface area contributed by atoms with E-state index in [1.165, 1.54) is 4.57 Å². The molecule has 1 aliphatic heterocycles. The molecular formula is C25H32N4O4. The Labute approximate surface area is 194 Å². The van der Waals surface area contributed by atoms with E-state index < -0.39 is 6.10 Å². The number of pyridine rings is 1. The second kappa shape index (κ2) is 8.74. The van der Waals surface area contributed by atoms with Crippen molar-refractivity contribution in [3.05, 3.63) is 47.7 Å². The summed E-state index contributed by atoms with van der Waals surface area (Å²) in [5.41, 5.74) is 1.66. The zero-order chi connectivity index (χ0) is 23.1. The number of esters is 1. The minimum absolute atomic E-state index is 0.102. The molecular weight excluding hydrogens is 420 g/mol. The molecule has 1 fully saturated rings. The Hall–Kier alpha value is -3.00. The van der Waals surface area contributed by atoms with Crippen molar-refractivity contribution in [2.75, 3.05) is 37.6 Å². The molecule has 2 unspecified atom stereocenters. The maximum atomic E-state index is 12.4. The highest BCUT2D eigenvalue weighted by atomic mass is 16.5. The normalized spacial score (nSPS) is 22.7. The SMILES string of the molecule is CC(C)C(=O)OC(CN1CCN(c2ccccn2)CC1)Cn1c(O)c2c(c1O)[C@H]1C=CC2C1. The minimum atomic E-state index is -0.476. The van der Waals surface area contributed by atoms with Crippen molar-refractivity contribution in [3.8, 4) is 11.8 Å². The zero-order valence-corrected chi connectivity index (χ0v) is 19.2. The van der Waals surface area contributed by atoms with Gasteiger partial charge in [0.2, 0.25) is 0 Å². The van der Waals surface area contributed by atoms with Crippen molar-refractivity contribution in [2.24, 2.45) is 5.92 Å². The van der Waals surface area contributed by atoms with Crippen molar-refractivity contribution in [1.29, 1.82) is 0 Å². The van der Waals surface area contributed by atoms with Crippen molar-refractivity contribution in [2.45, 2.75) is 44.8 Å². The van der Waals surface area contributed by atoms with Crippen LogP contribution in [0.2, 0.25) is 0 Å². The first kappa shape index (κ1) is 21.8. The lowest BCUT2D eigenvalue weighted by Crippen LogP contribution is -2.50. The topological polar surface area (TPSA) is 91.1 Å². The van der Waals surface area contributed by atoms with E-state index in [4.69, 9.17) is 4.74 Å². The van der Waals surface area contributed by atoms with Crippen LogP contribution >= 0.6 is 0 Å². The molecule has 0 amide bonds. The molecule has 0 spiro atoms. The fraction of sp³-hybridized carbons (Fsp3) is 0.520. The van der Waals surface area contributed by atoms with Gasteiger partial charge in [-0.15, -0.1) is 0 Å². The summed E-state index contributed by atoms with van der Waals surface area (Å²) in [6.45, 7) is 7.71. The standard InChI is InChI=1S/C25H32N4O4/c1-16(2)25(32)33-19(14-27-9-11-28(12-10-27)20-5-3-4-8-26-20)15-29-23(30)21-17-6-7-18(13-17)22(21)24(29)31/h3-8,16-19,30-31H,9-15H2,1-2H3/t17-,18?,19?/m0/s1. The highest BCUT2D eigenvalue weighted by Crippen LogP contribution is 2.56. The first-order valence-corrected chi connectivity index (χ1v) is 11.8. The van der Waals surface area contributed by atoms with Gasteiger partial charge in [-0.25, -0.2) is 4.98 Å². The van der Waals surface area contributed by atoms with E-state index in [0.717, 1.165) is 49.5 Å². The molecule has 8 heteroatoms. The summed E-state index contributed by atoms with van der Waals surface area (Å²) in [6.07, 6.45) is 6.45. The van der Waals surface area contributed by atoms with Crippen LogP contribution in [0.3, 0.4) is 0 Å². The summed E-state index contributed by atoms with van der Waals surface area (Å²) in [6, 6.07) is 5.92. The summed E-state index contributed by atoms with van der Waals surface area (Å²) in [5, 5.41) is 21.8. The van der Waals surface area contributed by atoms with Crippen LogP contribution in [0, 0.1) is 5.92 Å². The van der Waals surface area contributed by atoms with E-state index in [1.54, 1.807) is 6.20 Å². The summed E-state index contributed by atoms with van der Waals surface area (Å²) in [5.74, 6) is 0.981. The number of anilines is 1. The smallest absolute Gasteiger partial charge is 0.308 e. The average Bonchev–Trinajstić information content (AvgIpc) is 3.50. The molecule has 33 heavy (non-hydrogen) atoms. The Kier molecular flexibility index (Phi) is 5.78. The molecule has 3 aliphatic rings. The summed E-state index contributed by atoms with van der Waals surface area (Å²) >= 11 is 0.